The van der Waals surface area contributed by atoms with E-state index in [0.717, 1.165) is 6.54 Å². The van der Waals surface area contributed by atoms with Crippen molar-refractivity contribution < 1.29 is 9.59 Å². The summed E-state index contributed by atoms with van der Waals surface area (Å²) in [5.74, 6) is 0.323. The van der Waals surface area contributed by atoms with Crippen LogP contribution in [0.2, 0.25) is 0 Å². The lowest BCUT2D eigenvalue weighted by Crippen LogP contribution is -2.43. The molecule has 1 aromatic rings. The summed E-state index contributed by atoms with van der Waals surface area (Å²) in [5.41, 5.74) is 6.15. The van der Waals surface area contributed by atoms with Crippen LogP contribution in [0, 0.1) is 5.92 Å². The molecule has 1 atom stereocenters. The van der Waals surface area contributed by atoms with Gasteiger partial charge in [0, 0.05) is 12.6 Å². The van der Waals surface area contributed by atoms with Crippen molar-refractivity contribution in [3.05, 3.63) is 35.9 Å². The lowest BCUT2D eigenvalue weighted by molar-refractivity contribution is -0.121. The zero-order chi connectivity index (χ0) is 14.5. The Balaban J connectivity index is 2.02. The highest BCUT2D eigenvalue weighted by Crippen LogP contribution is 2.32. The number of urea groups is 1. The van der Waals surface area contributed by atoms with E-state index in [4.69, 9.17) is 5.73 Å². The van der Waals surface area contributed by atoms with Gasteiger partial charge < -0.3 is 5.73 Å². The third-order valence-corrected chi connectivity index (χ3v) is 3.63. The molecule has 0 saturated heterocycles. The topological polar surface area (TPSA) is 75.4 Å². The van der Waals surface area contributed by atoms with Gasteiger partial charge in [-0.2, -0.15) is 0 Å². The van der Waals surface area contributed by atoms with E-state index in [2.05, 4.69) is 29.3 Å². The van der Waals surface area contributed by atoms with Gasteiger partial charge in [-0.25, -0.2) is 4.79 Å². The Bertz CT molecular complexity index is 471. The van der Waals surface area contributed by atoms with Gasteiger partial charge in [-0.15, -0.1) is 0 Å². The molecule has 0 aromatic heterocycles. The van der Waals surface area contributed by atoms with Gasteiger partial charge in [0.2, 0.25) is 5.91 Å². The highest BCUT2D eigenvalue weighted by atomic mass is 16.2. The lowest BCUT2D eigenvalue weighted by Gasteiger charge is -2.28. The Morgan fingerprint density at radius 2 is 2.00 bits per heavy atom. The van der Waals surface area contributed by atoms with Crippen LogP contribution in [-0.4, -0.2) is 29.9 Å². The van der Waals surface area contributed by atoms with E-state index in [1.54, 1.807) is 0 Å². The van der Waals surface area contributed by atoms with Gasteiger partial charge in [0.25, 0.3) is 0 Å². The van der Waals surface area contributed by atoms with Crippen molar-refractivity contribution in [2.45, 2.75) is 25.8 Å². The molecule has 1 fully saturated rings. The molecule has 5 heteroatoms. The summed E-state index contributed by atoms with van der Waals surface area (Å²) >= 11 is 0. The van der Waals surface area contributed by atoms with Crippen LogP contribution >= 0.6 is 0 Å². The molecule has 3 N–H and O–H groups in total. The average molecular weight is 275 g/mol. The van der Waals surface area contributed by atoms with Gasteiger partial charge in [0.15, 0.2) is 0 Å². The van der Waals surface area contributed by atoms with E-state index in [9.17, 15) is 9.59 Å². The molecule has 0 spiro atoms. The Hall–Kier alpha value is -1.88. The first-order valence-corrected chi connectivity index (χ1v) is 6.94. The van der Waals surface area contributed by atoms with Crippen molar-refractivity contribution in [1.82, 2.24) is 10.2 Å². The molecule has 0 aliphatic heterocycles. The Morgan fingerprint density at radius 1 is 1.35 bits per heavy atom. The molecule has 108 valence electrons. The Kier molecular flexibility index (Phi) is 4.74. The molecule has 2 rings (SSSR count). The molecule has 0 bridgehead atoms. The molecule has 1 aliphatic rings. The number of nitrogens with zero attached hydrogens (tertiary/aromatic N) is 1. The van der Waals surface area contributed by atoms with E-state index in [0.29, 0.717) is 5.92 Å². The highest BCUT2D eigenvalue weighted by molar-refractivity contribution is 5.94. The summed E-state index contributed by atoms with van der Waals surface area (Å²) in [6, 6.07) is 9.40. The summed E-state index contributed by atoms with van der Waals surface area (Å²) in [7, 11) is 0. The Labute approximate surface area is 119 Å². The number of carbonyl (C=O) groups excluding carboxylic acids is 2. The van der Waals surface area contributed by atoms with E-state index in [1.807, 2.05) is 18.2 Å². The molecular formula is C15H21N3O2. The van der Waals surface area contributed by atoms with Gasteiger partial charge in [-0.05, 0) is 31.2 Å². The first-order chi connectivity index (χ1) is 9.56. The highest BCUT2D eigenvalue weighted by Gasteiger charge is 2.28. The monoisotopic (exact) mass is 275 g/mol. The van der Waals surface area contributed by atoms with Crippen molar-refractivity contribution >= 4 is 11.9 Å². The number of rotatable bonds is 6. The van der Waals surface area contributed by atoms with E-state index >= 15 is 0 Å². The summed E-state index contributed by atoms with van der Waals surface area (Å²) in [6.07, 6.45) is 2.44. The van der Waals surface area contributed by atoms with Gasteiger partial charge in [-0.3, -0.25) is 15.0 Å². The van der Waals surface area contributed by atoms with Crippen molar-refractivity contribution in [3.8, 4) is 0 Å². The number of amides is 3. The predicted octanol–water partition coefficient (Wildman–Crippen LogP) is 1.65. The maximum atomic E-state index is 11.7. The van der Waals surface area contributed by atoms with E-state index in [1.165, 1.54) is 18.4 Å². The molecule has 0 heterocycles. The molecule has 1 aromatic carbocycles. The number of nitrogens with two attached hydrogens (primary N) is 1. The van der Waals surface area contributed by atoms with Crippen LogP contribution in [0.4, 0.5) is 4.79 Å². The summed E-state index contributed by atoms with van der Waals surface area (Å²) in [6.45, 7) is 3.15. The maximum absolute atomic E-state index is 11.7. The van der Waals surface area contributed by atoms with Crippen LogP contribution in [0.3, 0.4) is 0 Å². The molecule has 3 amide bonds. The SMILES string of the molecule is CC(c1ccccc1)N(CC(=O)NC(N)=O)CC1CC1. The molecule has 0 radical (unpaired) electrons. The number of benzene rings is 1. The van der Waals surface area contributed by atoms with Crippen LogP contribution in [-0.2, 0) is 4.79 Å². The first kappa shape index (κ1) is 14.5. The minimum atomic E-state index is -0.797. The molecule has 5 nitrogen and oxygen atoms in total. The second-order valence-corrected chi connectivity index (χ2v) is 5.37. The van der Waals surface area contributed by atoms with Crippen molar-refractivity contribution in [2.24, 2.45) is 11.7 Å². The number of imide groups is 1. The van der Waals surface area contributed by atoms with Crippen LogP contribution in [0.5, 0.6) is 0 Å². The average Bonchev–Trinajstić information content (AvgIpc) is 3.21. The largest absolute Gasteiger partial charge is 0.351 e. The maximum Gasteiger partial charge on any atom is 0.318 e. The minimum absolute atomic E-state index is 0.135. The zero-order valence-corrected chi connectivity index (χ0v) is 11.7. The lowest BCUT2D eigenvalue weighted by atomic mass is 10.1. The number of primary amides is 1. The number of hydrogen-bond acceptors (Lipinski definition) is 3. The van der Waals surface area contributed by atoms with Gasteiger partial charge in [0.05, 0.1) is 6.54 Å². The quantitative estimate of drug-likeness (QED) is 0.829. The van der Waals surface area contributed by atoms with E-state index < -0.39 is 6.03 Å². The van der Waals surface area contributed by atoms with E-state index in [-0.39, 0.29) is 18.5 Å². The standard InChI is InChI=1S/C15H21N3O2/c1-11(13-5-3-2-4-6-13)18(9-12-7-8-12)10-14(19)17-15(16)20/h2-6,11-12H,7-10H2,1H3,(H3,16,17,19,20). The fourth-order valence-electron chi connectivity index (χ4n) is 2.30. The zero-order valence-electron chi connectivity index (χ0n) is 11.7. The van der Waals surface area contributed by atoms with Crippen LogP contribution in [0.15, 0.2) is 30.3 Å². The third kappa shape index (κ3) is 4.35. The molecule has 20 heavy (non-hydrogen) atoms. The summed E-state index contributed by atoms with van der Waals surface area (Å²) < 4.78 is 0. The van der Waals surface area contributed by atoms with Crippen LogP contribution < -0.4 is 11.1 Å². The van der Waals surface area contributed by atoms with Crippen LogP contribution in [0.25, 0.3) is 0 Å². The molecule has 1 unspecified atom stereocenters. The smallest absolute Gasteiger partial charge is 0.318 e. The van der Waals surface area contributed by atoms with Gasteiger partial charge >= 0.3 is 6.03 Å². The first-order valence-electron chi connectivity index (χ1n) is 6.94. The summed E-state index contributed by atoms with van der Waals surface area (Å²) in [5, 5.41) is 2.13. The van der Waals surface area contributed by atoms with Crippen molar-refractivity contribution in [1.29, 1.82) is 0 Å². The minimum Gasteiger partial charge on any atom is -0.351 e. The van der Waals surface area contributed by atoms with Gasteiger partial charge in [0.1, 0.15) is 0 Å². The fraction of sp³-hybridized carbons (Fsp3) is 0.467. The number of hydrogen-bond donors (Lipinski definition) is 2. The molecule has 1 aliphatic carbocycles. The van der Waals surface area contributed by atoms with Crippen LogP contribution in [0.1, 0.15) is 31.4 Å². The van der Waals surface area contributed by atoms with Crippen molar-refractivity contribution in [3.63, 3.8) is 0 Å². The Morgan fingerprint density at radius 3 is 2.55 bits per heavy atom. The van der Waals surface area contributed by atoms with Crippen molar-refractivity contribution in [2.75, 3.05) is 13.1 Å². The molecular weight excluding hydrogens is 254 g/mol. The second-order valence-electron chi connectivity index (χ2n) is 5.37. The second kappa shape index (κ2) is 6.52. The summed E-state index contributed by atoms with van der Waals surface area (Å²) in [4.78, 5) is 24.6. The molecule has 1 saturated carbocycles. The third-order valence-electron chi connectivity index (χ3n) is 3.63. The predicted molar refractivity (Wildman–Crippen MR) is 76.9 cm³/mol. The number of nitrogens with one attached hydrogen (secondary N) is 1. The number of carbonyl (C=O) groups is 2. The van der Waals surface area contributed by atoms with Gasteiger partial charge in [-0.1, -0.05) is 30.3 Å². The fourth-order valence-corrected chi connectivity index (χ4v) is 2.30. The normalized spacial score (nSPS) is 15.9.